The van der Waals surface area contributed by atoms with E-state index in [-0.39, 0.29) is 9.20 Å². The highest BCUT2D eigenvalue weighted by Gasteiger charge is 2.23. The summed E-state index contributed by atoms with van der Waals surface area (Å²) in [5.41, 5.74) is 6.43. The lowest BCUT2D eigenvalue weighted by Crippen LogP contribution is -2.43. The molecular weight excluding hydrogens is 356 g/mol. The molecule has 0 saturated heterocycles. The number of nitrogens with one attached hydrogen (secondary N) is 1. The number of hydrogen-bond acceptors (Lipinski definition) is 4. The van der Waals surface area contributed by atoms with E-state index in [4.69, 9.17) is 18.0 Å². The minimum absolute atomic E-state index is 0.174. The van der Waals surface area contributed by atoms with Crippen LogP contribution in [0.3, 0.4) is 0 Å². The van der Waals surface area contributed by atoms with Gasteiger partial charge in [0.05, 0.1) is 14.8 Å². The summed E-state index contributed by atoms with van der Waals surface area (Å²) in [6.07, 6.45) is 1.40. The fourth-order valence-electron chi connectivity index (χ4n) is 1.36. The topological polar surface area (TPSA) is 72.2 Å². The molecule has 1 rings (SSSR count). The summed E-state index contributed by atoms with van der Waals surface area (Å²) >= 11 is 9.36. The molecule has 0 spiro atoms. The highest BCUT2D eigenvalue weighted by molar-refractivity contribution is 9.11. The molecule has 0 aliphatic rings. The predicted molar refractivity (Wildman–Crippen MR) is 82.6 cm³/mol. The summed E-state index contributed by atoms with van der Waals surface area (Å²) in [7, 11) is -3.56. The molecule has 4 nitrogen and oxygen atoms in total. The molecule has 1 aromatic rings. The monoisotopic (exact) mass is 370 g/mol. The molecule has 3 N–H and O–H groups in total. The van der Waals surface area contributed by atoms with Crippen molar-refractivity contribution < 1.29 is 8.42 Å². The lowest BCUT2D eigenvalue weighted by Gasteiger charge is -2.15. The Hall–Kier alpha value is -0.0200. The molecule has 0 aromatic carbocycles. The van der Waals surface area contributed by atoms with E-state index < -0.39 is 16.1 Å². The number of sulfonamides is 1. The number of thiocarbonyl (C=S) groups is 1. The standard InChI is InChI=1S/C10H15BrN2O2S3/c1-3-4-7(10(12)16)13-18(14,15)8-5-6(2)9(11)17-8/h5,7,13H,3-4H2,1-2H3,(H2,12,16). The van der Waals surface area contributed by atoms with Gasteiger partial charge in [-0.25, -0.2) is 13.1 Å². The van der Waals surface area contributed by atoms with Crippen molar-refractivity contribution in [1.29, 1.82) is 0 Å². The van der Waals surface area contributed by atoms with Crippen molar-refractivity contribution in [1.82, 2.24) is 4.72 Å². The predicted octanol–water partition coefficient (Wildman–Crippen LogP) is 2.55. The van der Waals surface area contributed by atoms with Gasteiger partial charge in [-0.3, -0.25) is 0 Å². The van der Waals surface area contributed by atoms with Crippen LogP contribution >= 0.6 is 39.5 Å². The number of halogens is 1. The smallest absolute Gasteiger partial charge is 0.250 e. The molecule has 0 aliphatic carbocycles. The number of hydrogen-bond donors (Lipinski definition) is 2. The van der Waals surface area contributed by atoms with E-state index in [0.29, 0.717) is 6.42 Å². The van der Waals surface area contributed by atoms with Crippen molar-refractivity contribution in [3.63, 3.8) is 0 Å². The highest BCUT2D eigenvalue weighted by Crippen LogP contribution is 2.30. The van der Waals surface area contributed by atoms with Crippen molar-refractivity contribution in [3.8, 4) is 0 Å². The molecule has 0 radical (unpaired) electrons. The zero-order valence-corrected chi connectivity index (χ0v) is 14.1. The van der Waals surface area contributed by atoms with Crippen LogP contribution in [-0.2, 0) is 10.0 Å². The first-order chi connectivity index (χ1) is 8.27. The van der Waals surface area contributed by atoms with Crippen molar-refractivity contribution in [3.05, 3.63) is 15.4 Å². The van der Waals surface area contributed by atoms with Crippen LogP contribution in [0.2, 0.25) is 0 Å². The van der Waals surface area contributed by atoms with Crippen LogP contribution in [0, 0.1) is 6.92 Å². The third-order valence-corrected chi connectivity index (χ3v) is 6.68. The number of rotatable bonds is 6. The van der Waals surface area contributed by atoms with Gasteiger partial charge in [-0.15, -0.1) is 11.3 Å². The van der Waals surface area contributed by atoms with Gasteiger partial charge < -0.3 is 5.73 Å². The normalized spacial score (nSPS) is 13.5. The van der Waals surface area contributed by atoms with E-state index in [0.717, 1.165) is 15.8 Å². The molecule has 18 heavy (non-hydrogen) atoms. The second-order valence-electron chi connectivity index (χ2n) is 3.89. The maximum atomic E-state index is 12.2. The average molecular weight is 371 g/mol. The third-order valence-electron chi connectivity index (χ3n) is 2.32. The zero-order chi connectivity index (χ0) is 13.9. The fraction of sp³-hybridized carbons (Fsp3) is 0.500. The van der Waals surface area contributed by atoms with Crippen LogP contribution in [0.5, 0.6) is 0 Å². The van der Waals surface area contributed by atoms with Gasteiger partial charge >= 0.3 is 0 Å². The second-order valence-corrected chi connectivity index (χ2v) is 8.67. The largest absolute Gasteiger partial charge is 0.392 e. The lowest BCUT2D eigenvalue weighted by atomic mass is 10.2. The van der Waals surface area contributed by atoms with E-state index in [1.54, 1.807) is 6.07 Å². The molecular formula is C10H15BrN2O2S3. The van der Waals surface area contributed by atoms with Gasteiger partial charge in [-0.2, -0.15) is 0 Å². The van der Waals surface area contributed by atoms with Gasteiger partial charge in [0.15, 0.2) is 0 Å². The van der Waals surface area contributed by atoms with Gasteiger partial charge in [0.25, 0.3) is 10.0 Å². The first kappa shape index (κ1) is 16.0. The molecule has 1 atom stereocenters. The van der Waals surface area contributed by atoms with Crippen molar-refractivity contribution in [2.24, 2.45) is 5.73 Å². The first-order valence-electron chi connectivity index (χ1n) is 5.35. The summed E-state index contributed by atoms with van der Waals surface area (Å²) in [4.78, 5) is 0.174. The quantitative estimate of drug-likeness (QED) is 0.754. The Kier molecular flexibility index (Phi) is 5.72. The molecule has 0 saturated carbocycles. The average Bonchev–Trinajstić information content (AvgIpc) is 2.59. The van der Waals surface area contributed by atoms with Gasteiger partial charge in [-0.05, 0) is 40.9 Å². The van der Waals surface area contributed by atoms with Crippen LogP contribution in [-0.4, -0.2) is 19.4 Å². The molecule has 0 fully saturated rings. The molecule has 0 bridgehead atoms. The molecule has 102 valence electrons. The number of aryl methyl sites for hydroxylation is 1. The SMILES string of the molecule is CCCC(NS(=O)(=O)c1cc(C)c(Br)s1)C(N)=S. The summed E-state index contributed by atoms with van der Waals surface area (Å²) < 4.78 is 27.9. The van der Waals surface area contributed by atoms with Gasteiger partial charge in [0.2, 0.25) is 0 Å². The van der Waals surface area contributed by atoms with Crippen molar-refractivity contribution in [2.45, 2.75) is 36.9 Å². The first-order valence-corrected chi connectivity index (χ1v) is 8.85. The van der Waals surface area contributed by atoms with Gasteiger partial charge in [0, 0.05) is 0 Å². The number of nitrogens with two attached hydrogens (primary N) is 1. The van der Waals surface area contributed by atoms with Crippen molar-refractivity contribution in [2.75, 3.05) is 0 Å². The van der Waals surface area contributed by atoms with Gasteiger partial charge in [-0.1, -0.05) is 25.6 Å². The van der Waals surface area contributed by atoms with Crippen LogP contribution < -0.4 is 10.5 Å². The Morgan fingerprint density at radius 3 is 2.67 bits per heavy atom. The summed E-state index contributed by atoms with van der Waals surface area (Å²) in [6, 6.07) is 1.14. The Morgan fingerprint density at radius 2 is 2.28 bits per heavy atom. The molecule has 0 aliphatic heterocycles. The Balaban J connectivity index is 2.96. The molecule has 0 amide bonds. The second kappa shape index (κ2) is 6.42. The summed E-state index contributed by atoms with van der Waals surface area (Å²) in [5, 5.41) is 0. The highest BCUT2D eigenvalue weighted by atomic mass is 79.9. The van der Waals surface area contributed by atoms with Crippen LogP contribution in [0.4, 0.5) is 0 Å². The molecule has 1 aromatic heterocycles. The number of thiophene rings is 1. The maximum absolute atomic E-state index is 12.2. The Bertz CT molecular complexity index is 520. The van der Waals surface area contributed by atoms with E-state index in [1.165, 1.54) is 11.3 Å². The maximum Gasteiger partial charge on any atom is 0.250 e. The van der Waals surface area contributed by atoms with E-state index in [1.807, 2.05) is 13.8 Å². The Morgan fingerprint density at radius 1 is 1.67 bits per heavy atom. The zero-order valence-electron chi connectivity index (χ0n) is 10.1. The van der Waals surface area contributed by atoms with E-state index in [9.17, 15) is 8.42 Å². The molecule has 1 heterocycles. The minimum atomic E-state index is -3.56. The van der Waals surface area contributed by atoms with E-state index in [2.05, 4.69) is 20.7 Å². The van der Waals surface area contributed by atoms with Gasteiger partial charge in [0.1, 0.15) is 4.21 Å². The molecule has 8 heteroatoms. The van der Waals surface area contributed by atoms with Crippen LogP contribution in [0.1, 0.15) is 25.3 Å². The van der Waals surface area contributed by atoms with E-state index >= 15 is 0 Å². The fourth-order valence-corrected chi connectivity index (χ4v) is 5.10. The molecule has 1 unspecified atom stereocenters. The van der Waals surface area contributed by atoms with Crippen LogP contribution in [0.15, 0.2) is 14.1 Å². The van der Waals surface area contributed by atoms with Crippen LogP contribution in [0.25, 0.3) is 0 Å². The lowest BCUT2D eigenvalue weighted by molar-refractivity contribution is 0.569. The Labute approximate surface area is 125 Å². The summed E-state index contributed by atoms with van der Waals surface area (Å²) in [6.45, 7) is 3.79. The minimum Gasteiger partial charge on any atom is -0.392 e. The third kappa shape index (κ3) is 3.99. The summed E-state index contributed by atoms with van der Waals surface area (Å²) in [5.74, 6) is 0. The van der Waals surface area contributed by atoms with Crippen molar-refractivity contribution >= 4 is 54.5 Å².